The summed E-state index contributed by atoms with van der Waals surface area (Å²) in [6, 6.07) is 9.10. The lowest BCUT2D eigenvalue weighted by Crippen LogP contribution is -2.08. The van der Waals surface area contributed by atoms with E-state index in [2.05, 4.69) is 5.32 Å². The Labute approximate surface area is 121 Å². The fourth-order valence-corrected chi connectivity index (χ4v) is 1.95. The molecule has 0 heterocycles. The van der Waals surface area contributed by atoms with E-state index in [0.717, 1.165) is 0 Å². The van der Waals surface area contributed by atoms with Crippen molar-refractivity contribution in [3.8, 4) is 5.75 Å². The van der Waals surface area contributed by atoms with E-state index in [1.165, 1.54) is 18.2 Å². The molecule has 0 aliphatic carbocycles. The van der Waals surface area contributed by atoms with E-state index < -0.39 is 11.6 Å². The Kier molecular flexibility index (Phi) is 4.93. The van der Waals surface area contributed by atoms with Crippen molar-refractivity contribution in [2.24, 2.45) is 0 Å². The Morgan fingerprint density at radius 1 is 1.15 bits per heavy atom. The number of ether oxygens (including phenoxy) is 1. The number of hydrogen-bond donors (Lipinski definition) is 1. The number of nitrogens with one attached hydrogen (secondary N) is 1. The van der Waals surface area contributed by atoms with E-state index in [9.17, 15) is 8.78 Å². The number of rotatable bonds is 5. The molecule has 0 amide bonds. The molecule has 20 heavy (non-hydrogen) atoms. The van der Waals surface area contributed by atoms with Crippen LogP contribution in [0.25, 0.3) is 0 Å². The van der Waals surface area contributed by atoms with Gasteiger partial charge < -0.3 is 10.1 Å². The van der Waals surface area contributed by atoms with Gasteiger partial charge in [0.25, 0.3) is 0 Å². The molecule has 0 atom stereocenters. The molecule has 0 aliphatic rings. The van der Waals surface area contributed by atoms with Gasteiger partial charge in [-0.25, -0.2) is 8.78 Å². The van der Waals surface area contributed by atoms with Crippen LogP contribution in [0.3, 0.4) is 0 Å². The zero-order chi connectivity index (χ0) is 14.5. The maximum Gasteiger partial charge on any atom is 0.165 e. The van der Waals surface area contributed by atoms with Gasteiger partial charge in [0, 0.05) is 12.1 Å². The van der Waals surface area contributed by atoms with Crippen molar-refractivity contribution in [3.63, 3.8) is 0 Å². The molecule has 2 aromatic rings. The van der Waals surface area contributed by atoms with Crippen LogP contribution in [0.5, 0.6) is 5.75 Å². The highest BCUT2D eigenvalue weighted by molar-refractivity contribution is 6.30. The van der Waals surface area contributed by atoms with Gasteiger partial charge in [0.1, 0.15) is 12.4 Å². The molecule has 1 N–H and O–H groups in total. The first-order chi connectivity index (χ1) is 9.61. The van der Waals surface area contributed by atoms with Crippen LogP contribution in [0, 0.1) is 11.6 Å². The first-order valence-electron chi connectivity index (χ1n) is 6.10. The minimum atomic E-state index is -0.517. The average Bonchev–Trinajstić information content (AvgIpc) is 2.42. The van der Waals surface area contributed by atoms with E-state index >= 15 is 0 Å². The molecule has 106 valence electrons. The fraction of sp³-hybridized carbons (Fsp3) is 0.200. The molecule has 2 rings (SSSR count). The maximum atomic E-state index is 13.8. The number of hydrogen-bond acceptors (Lipinski definition) is 2. The van der Waals surface area contributed by atoms with Gasteiger partial charge in [-0.05, 0) is 30.8 Å². The molecule has 5 heteroatoms. The van der Waals surface area contributed by atoms with Crippen molar-refractivity contribution in [2.45, 2.75) is 13.2 Å². The number of para-hydroxylation sites is 1. The van der Waals surface area contributed by atoms with Gasteiger partial charge in [-0.15, -0.1) is 0 Å². The molecule has 2 aromatic carbocycles. The van der Waals surface area contributed by atoms with Gasteiger partial charge in [0.2, 0.25) is 0 Å². The van der Waals surface area contributed by atoms with Gasteiger partial charge in [0.15, 0.2) is 11.6 Å². The summed E-state index contributed by atoms with van der Waals surface area (Å²) in [7, 11) is 1.77. The van der Waals surface area contributed by atoms with Gasteiger partial charge in [-0.2, -0.15) is 0 Å². The smallest absolute Gasteiger partial charge is 0.165 e. The first kappa shape index (κ1) is 14.8. The normalized spacial score (nSPS) is 10.6. The summed E-state index contributed by atoms with van der Waals surface area (Å²) in [4.78, 5) is 0. The molecule has 0 fully saturated rings. The fourth-order valence-electron chi connectivity index (χ4n) is 1.83. The second kappa shape index (κ2) is 6.68. The monoisotopic (exact) mass is 297 g/mol. The second-order valence-corrected chi connectivity index (χ2v) is 4.70. The molecule has 0 aromatic heterocycles. The van der Waals surface area contributed by atoms with Gasteiger partial charge >= 0.3 is 0 Å². The highest BCUT2D eigenvalue weighted by Crippen LogP contribution is 2.24. The Morgan fingerprint density at radius 3 is 2.65 bits per heavy atom. The molecule has 0 aliphatic heterocycles. The quantitative estimate of drug-likeness (QED) is 0.903. The lowest BCUT2D eigenvalue weighted by molar-refractivity contribution is 0.286. The summed E-state index contributed by atoms with van der Waals surface area (Å²) < 4.78 is 32.6. The van der Waals surface area contributed by atoms with Crippen molar-refractivity contribution in [1.82, 2.24) is 5.32 Å². The third kappa shape index (κ3) is 3.46. The highest BCUT2D eigenvalue weighted by Gasteiger charge is 2.10. The zero-order valence-corrected chi connectivity index (χ0v) is 11.7. The SMILES string of the molecule is CNCc1cccc(F)c1OCc1ccc(Cl)c(F)c1. The third-order valence-corrected chi connectivity index (χ3v) is 3.09. The van der Waals surface area contributed by atoms with Crippen LogP contribution in [0.15, 0.2) is 36.4 Å². The lowest BCUT2D eigenvalue weighted by Gasteiger charge is -2.12. The number of benzene rings is 2. The van der Waals surface area contributed by atoms with Gasteiger partial charge in [-0.1, -0.05) is 29.8 Å². The van der Waals surface area contributed by atoms with Crippen LogP contribution in [0.2, 0.25) is 5.02 Å². The zero-order valence-electron chi connectivity index (χ0n) is 10.9. The standard InChI is InChI=1S/C15H14ClF2NO/c1-19-8-11-3-2-4-13(17)15(11)20-9-10-5-6-12(16)14(18)7-10/h2-7,19H,8-9H2,1H3. The molecule has 0 saturated heterocycles. The first-order valence-corrected chi connectivity index (χ1v) is 6.48. The third-order valence-electron chi connectivity index (χ3n) is 2.78. The van der Waals surface area contributed by atoms with Crippen molar-refractivity contribution < 1.29 is 13.5 Å². The summed E-state index contributed by atoms with van der Waals surface area (Å²) >= 11 is 5.61. The van der Waals surface area contributed by atoms with Crippen LogP contribution in [-0.2, 0) is 13.2 Å². The molecular weight excluding hydrogens is 284 g/mol. The summed E-state index contributed by atoms with van der Waals surface area (Å²) in [6.07, 6.45) is 0. The van der Waals surface area contributed by atoms with Crippen LogP contribution >= 0.6 is 11.6 Å². The average molecular weight is 298 g/mol. The van der Waals surface area contributed by atoms with Gasteiger partial charge in [-0.3, -0.25) is 0 Å². The number of halogens is 3. The minimum absolute atomic E-state index is 0.0514. The topological polar surface area (TPSA) is 21.3 Å². The molecule has 2 nitrogen and oxygen atoms in total. The largest absolute Gasteiger partial charge is 0.485 e. The van der Waals surface area contributed by atoms with Gasteiger partial charge in [0.05, 0.1) is 5.02 Å². The van der Waals surface area contributed by atoms with E-state index in [-0.39, 0.29) is 17.4 Å². The van der Waals surface area contributed by atoms with E-state index in [4.69, 9.17) is 16.3 Å². The van der Waals surface area contributed by atoms with E-state index in [1.807, 2.05) is 0 Å². The molecule has 0 spiro atoms. The van der Waals surface area contributed by atoms with Crippen LogP contribution in [0.1, 0.15) is 11.1 Å². The summed E-state index contributed by atoms with van der Waals surface area (Å²) in [6.45, 7) is 0.563. The van der Waals surface area contributed by atoms with Crippen LogP contribution in [0.4, 0.5) is 8.78 Å². The Morgan fingerprint density at radius 2 is 1.95 bits per heavy atom. The Hall–Kier alpha value is -1.65. The van der Waals surface area contributed by atoms with Crippen LogP contribution < -0.4 is 10.1 Å². The van der Waals surface area contributed by atoms with E-state index in [1.54, 1.807) is 25.2 Å². The molecular formula is C15H14ClF2NO. The molecule has 0 radical (unpaired) electrons. The van der Waals surface area contributed by atoms with Crippen molar-refractivity contribution >= 4 is 11.6 Å². The molecule has 0 saturated carbocycles. The summed E-state index contributed by atoms with van der Waals surface area (Å²) in [5, 5.41) is 2.99. The van der Waals surface area contributed by atoms with E-state index in [0.29, 0.717) is 17.7 Å². The highest BCUT2D eigenvalue weighted by atomic mass is 35.5. The Balaban J connectivity index is 2.15. The minimum Gasteiger partial charge on any atom is -0.485 e. The summed E-state index contributed by atoms with van der Waals surface area (Å²) in [5.41, 5.74) is 1.30. The molecule has 0 bridgehead atoms. The lowest BCUT2D eigenvalue weighted by atomic mass is 10.2. The predicted octanol–water partition coefficient (Wildman–Crippen LogP) is 3.92. The Bertz CT molecular complexity index is 604. The molecule has 0 unspecified atom stereocenters. The van der Waals surface area contributed by atoms with Crippen molar-refractivity contribution in [3.05, 3.63) is 64.2 Å². The summed E-state index contributed by atoms with van der Waals surface area (Å²) in [5.74, 6) is -0.777. The maximum absolute atomic E-state index is 13.8. The van der Waals surface area contributed by atoms with Crippen LogP contribution in [-0.4, -0.2) is 7.05 Å². The second-order valence-electron chi connectivity index (χ2n) is 4.30. The predicted molar refractivity (Wildman–Crippen MR) is 74.9 cm³/mol. The van der Waals surface area contributed by atoms with Crippen molar-refractivity contribution in [2.75, 3.05) is 7.05 Å². The van der Waals surface area contributed by atoms with Crippen molar-refractivity contribution in [1.29, 1.82) is 0 Å².